The van der Waals surface area contributed by atoms with Crippen molar-refractivity contribution in [2.45, 2.75) is 38.5 Å². The van der Waals surface area contributed by atoms with E-state index in [1.54, 1.807) is 0 Å². The summed E-state index contributed by atoms with van der Waals surface area (Å²) in [4.78, 5) is 25.2. The van der Waals surface area contributed by atoms with Gasteiger partial charge in [-0.1, -0.05) is 38.1 Å². The van der Waals surface area contributed by atoms with Crippen molar-refractivity contribution in [3.8, 4) is 11.5 Å². The summed E-state index contributed by atoms with van der Waals surface area (Å²) in [6.45, 7) is 4.15. The van der Waals surface area contributed by atoms with Gasteiger partial charge in [0.25, 0.3) is 0 Å². The minimum atomic E-state index is -0.438. The molecule has 4 atom stereocenters. The molecule has 1 saturated carbocycles. The van der Waals surface area contributed by atoms with Gasteiger partial charge in [0.2, 0.25) is 0 Å². The van der Waals surface area contributed by atoms with Crippen molar-refractivity contribution in [2.75, 3.05) is 0 Å². The highest BCUT2D eigenvalue weighted by Gasteiger charge is 2.64. The smallest absolute Gasteiger partial charge is 0.315 e. The molecule has 0 saturated heterocycles. The highest BCUT2D eigenvalue weighted by molar-refractivity contribution is 5.92. The Bertz CT molecular complexity index is 868. The average Bonchev–Trinajstić information content (AvgIpc) is 2.62. The van der Waals surface area contributed by atoms with Gasteiger partial charge in [-0.25, -0.2) is 0 Å². The summed E-state index contributed by atoms with van der Waals surface area (Å²) >= 11 is 0. The molecule has 1 fully saturated rings. The van der Waals surface area contributed by atoms with Crippen molar-refractivity contribution in [2.24, 2.45) is 11.8 Å². The first-order valence-electron chi connectivity index (χ1n) is 9.31. The molecule has 3 aliphatic rings. The van der Waals surface area contributed by atoms with E-state index in [2.05, 4.69) is 38.1 Å². The molecule has 26 heavy (non-hydrogen) atoms. The summed E-state index contributed by atoms with van der Waals surface area (Å²) in [6.07, 6.45) is 1.78. The number of rotatable bonds is 2. The summed E-state index contributed by atoms with van der Waals surface area (Å²) in [7, 11) is 0. The molecule has 2 aromatic rings. The molecule has 2 aliphatic heterocycles. The molecule has 0 N–H and O–H groups in total. The topological polar surface area (TPSA) is 52.6 Å². The van der Waals surface area contributed by atoms with Gasteiger partial charge in [0.1, 0.15) is 11.5 Å². The van der Waals surface area contributed by atoms with Crippen LogP contribution in [0.1, 0.15) is 47.9 Å². The lowest BCUT2D eigenvalue weighted by atomic mass is 9.51. The lowest BCUT2D eigenvalue weighted by Crippen LogP contribution is -2.57. The first-order valence-corrected chi connectivity index (χ1v) is 9.31. The Kier molecular flexibility index (Phi) is 3.27. The first kappa shape index (κ1) is 15.6. The number of hydrogen-bond acceptors (Lipinski definition) is 4. The molecule has 5 rings (SSSR count). The van der Waals surface area contributed by atoms with Gasteiger partial charge >= 0.3 is 11.9 Å². The van der Waals surface area contributed by atoms with Crippen LogP contribution in [0.4, 0.5) is 0 Å². The summed E-state index contributed by atoms with van der Waals surface area (Å²) in [5.41, 5.74) is 4.35. The second-order valence-electron chi connectivity index (χ2n) is 7.40. The Labute approximate surface area is 152 Å². The summed E-state index contributed by atoms with van der Waals surface area (Å²) in [5.74, 6) is -0.204. The largest absolute Gasteiger partial charge is 0.426 e. The quantitative estimate of drug-likeness (QED) is 0.612. The van der Waals surface area contributed by atoms with E-state index < -0.39 is 11.8 Å². The third-order valence-electron chi connectivity index (χ3n) is 6.20. The number of esters is 2. The zero-order valence-electron chi connectivity index (χ0n) is 14.8. The number of hydrogen-bond donors (Lipinski definition) is 0. The van der Waals surface area contributed by atoms with E-state index in [-0.39, 0.29) is 23.8 Å². The van der Waals surface area contributed by atoms with Gasteiger partial charge < -0.3 is 9.47 Å². The summed E-state index contributed by atoms with van der Waals surface area (Å²) < 4.78 is 11.2. The molecule has 2 aromatic carbocycles. The van der Waals surface area contributed by atoms with Crippen LogP contribution < -0.4 is 9.47 Å². The van der Waals surface area contributed by atoms with Gasteiger partial charge in [-0.05, 0) is 47.2 Å². The number of carbonyl (C=O) groups excluding carboxylic acids is 2. The van der Waals surface area contributed by atoms with Crippen LogP contribution in [0.25, 0.3) is 0 Å². The fourth-order valence-electron chi connectivity index (χ4n) is 4.79. The van der Waals surface area contributed by atoms with E-state index >= 15 is 0 Å². The monoisotopic (exact) mass is 348 g/mol. The number of ether oxygens (including phenoxy) is 2. The lowest BCUT2D eigenvalue weighted by molar-refractivity contribution is -0.165. The van der Waals surface area contributed by atoms with E-state index in [9.17, 15) is 9.59 Å². The van der Waals surface area contributed by atoms with Crippen LogP contribution in [-0.4, -0.2) is 11.9 Å². The number of benzene rings is 2. The fraction of sp³-hybridized carbons (Fsp3) is 0.364. The molecule has 2 heterocycles. The Hall–Kier alpha value is -2.62. The molecule has 0 radical (unpaired) electrons. The van der Waals surface area contributed by atoms with Crippen LogP contribution in [0.3, 0.4) is 0 Å². The molecule has 0 aromatic heterocycles. The first-order chi connectivity index (χ1) is 12.6. The van der Waals surface area contributed by atoms with Crippen molar-refractivity contribution in [1.29, 1.82) is 0 Å². The highest BCUT2D eigenvalue weighted by Crippen LogP contribution is 2.64. The van der Waals surface area contributed by atoms with E-state index in [0.717, 1.165) is 35.1 Å². The van der Waals surface area contributed by atoms with Crippen LogP contribution >= 0.6 is 0 Å². The Morgan fingerprint density at radius 3 is 1.50 bits per heavy atom. The normalized spacial score (nSPS) is 27.9. The van der Waals surface area contributed by atoms with Crippen molar-refractivity contribution in [3.63, 3.8) is 0 Å². The molecule has 4 heteroatoms. The van der Waals surface area contributed by atoms with E-state index in [1.807, 2.05) is 12.1 Å². The Morgan fingerprint density at radius 1 is 0.692 bits per heavy atom. The summed E-state index contributed by atoms with van der Waals surface area (Å²) in [6, 6.07) is 12.2. The van der Waals surface area contributed by atoms with Crippen LogP contribution in [0.5, 0.6) is 11.5 Å². The second-order valence-corrected chi connectivity index (χ2v) is 7.40. The maximum Gasteiger partial charge on any atom is 0.315 e. The number of fused-ring (bicyclic) bond motifs is 8. The second kappa shape index (κ2) is 5.44. The maximum atomic E-state index is 12.6. The van der Waals surface area contributed by atoms with Crippen LogP contribution in [0.2, 0.25) is 0 Å². The summed E-state index contributed by atoms with van der Waals surface area (Å²) in [5, 5.41) is 0. The number of carbonyl (C=O) groups is 2. The highest BCUT2D eigenvalue weighted by atomic mass is 16.5. The molecule has 132 valence electrons. The fourth-order valence-corrected chi connectivity index (χ4v) is 4.79. The lowest BCUT2D eigenvalue weighted by Gasteiger charge is -2.53. The average molecular weight is 348 g/mol. The van der Waals surface area contributed by atoms with Crippen molar-refractivity contribution < 1.29 is 19.1 Å². The van der Waals surface area contributed by atoms with Crippen molar-refractivity contribution in [1.82, 2.24) is 0 Å². The molecule has 1 aliphatic carbocycles. The molecule has 4 nitrogen and oxygen atoms in total. The zero-order valence-corrected chi connectivity index (χ0v) is 14.8. The molecular formula is C22H20O4. The molecule has 0 bridgehead atoms. The standard InChI is InChI=1S/C22H20O4/c1-3-11-5-7-13-15(9-11)25-21(23)19-17(13)18-14-8-6-12(4-2)10-16(14)26-22(24)20(18)19/h5-10,17-20H,3-4H2,1-2H3. The van der Waals surface area contributed by atoms with Crippen LogP contribution in [0.15, 0.2) is 36.4 Å². The molecule has 0 spiro atoms. The maximum absolute atomic E-state index is 12.6. The van der Waals surface area contributed by atoms with Gasteiger partial charge in [-0.2, -0.15) is 0 Å². The van der Waals surface area contributed by atoms with Gasteiger partial charge in [0.05, 0.1) is 11.8 Å². The number of aryl methyl sites for hydroxylation is 2. The van der Waals surface area contributed by atoms with E-state index in [1.165, 1.54) is 0 Å². The predicted molar refractivity (Wildman–Crippen MR) is 95.4 cm³/mol. The van der Waals surface area contributed by atoms with Crippen molar-refractivity contribution >= 4 is 11.9 Å². The van der Waals surface area contributed by atoms with Gasteiger partial charge in [-0.3, -0.25) is 9.59 Å². The van der Waals surface area contributed by atoms with Crippen molar-refractivity contribution in [3.05, 3.63) is 58.7 Å². The van der Waals surface area contributed by atoms with E-state index in [0.29, 0.717) is 11.5 Å². The molecule has 4 unspecified atom stereocenters. The van der Waals surface area contributed by atoms with Crippen LogP contribution in [-0.2, 0) is 22.4 Å². The minimum Gasteiger partial charge on any atom is -0.426 e. The zero-order chi connectivity index (χ0) is 18.0. The predicted octanol–water partition coefficient (Wildman–Crippen LogP) is 3.76. The minimum absolute atomic E-state index is 0.0127. The SMILES string of the molecule is CCc1ccc2c(c1)OC(=O)C1C3C(=O)Oc4cc(CC)ccc4C3C21. The third-order valence-corrected chi connectivity index (χ3v) is 6.20. The Balaban J connectivity index is 1.64. The van der Waals surface area contributed by atoms with E-state index in [4.69, 9.17) is 9.47 Å². The molecular weight excluding hydrogens is 328 g/mol. The van der Waals surface area contributed by atoms with Gasteiger partial charge in [0, 0.05) is 11.8 Å². The van der Waals surface area contributed by atoms with Gasteiger partial charge in [0.15, 0.2) is 0 Å². The van der Waals surface area contributed by atoms with Gasteiger partial charge in [-0.15, -0.1) is 0 Å². The van der Waals surface area contributed by atoms with Crippen LogP contribution in [0, 0.1) is 11.8 Å². The Morgan fingerprint density at radius 2 is 1.12 bits per heavy atom. The third kappa shape index (κ3) is 1.96. The molecule has 0 amide bonds.